The highest BCUT2D eigenvalue weighted by molar-refractivity contribution is 5.84. The molecule has 0 aliphatic carbocycles. The Morgan fingerprint density at radius 1 is 1.00 bits per heavy atom. The minimum Gasteiger partial charge on any atom is -0.422 e. The number of carbonyl (C=O) groups is 1. The molecule has 0 unspecified atom stereocenters. The van der Waals surface area contributed by atoms with Gasteiger partial charge in [0, 0.05) is 56.8 Å². The molecule has 1 heterocycles. The second kappa shape index (κ2) is 9.89. The monoisotopic (exact) mass is 475 g/mol. The van der Waals surface area contributed by atoms with Gasteiger partial charge in [0.25, 0.3) is 0 Å². The van der Waals surface area contributed by atoms with Gasteiger partial charge in [-0.25, -0.2) is 14.0 Å². The fraction of sp³-hybridized carbons (Fsp3) is 0.185. The van der Waals surface area contributed by atoms with Crippen LogP contribution in [0.5, 0.6) is 5.75 Å². The quantitative estimate of drug-likeness (QED) is 0.318. The van der Waals surface area contributed by atoms with Gasteiger partial charge in [0.15, 0.2) is 0 Å². The molecule has 0 fully saturated rings. The molecule has 0 bridgehead atoms. The number of nitrogens with zero attached hydrogens (tertiary/aromatic N) is 2. The number of anilines is 2. The van der Waals surface area contributed by atoms with Crippen LogP contribution < -0.4 is 21.0 Å². The fourth-order valence-electron chi connectivity index (χ4n) is 3.84. The van der Waals surface area contributed by atoms with E-state index in [-0.39, 0.29) is 23.4 Å². The van der Waals surface area contributed by atoms with E-state index in [1.807, 2.05) is 42.3 Å². The number of fused-ring (bicyclic) bond motifs is 1. The van der Waals surface area contributed by atoms with Crippen LogP contribution in [-0.4, -0.2) is 32.1 Å². The maximum absolute atomic E-state index is 14.7. The smallest absolute Gasteiger partial charge is 0.414 e. The molecule has 3 aromatic carbocycles. The number of ether oxygens (including phenoxy) is 1. The number of para-hydroxylation sites is 1. The molecular formula is C27H26FN3O4. The first kappa shape index (κ1) is 23.8. The summed E-state index contributed by atoms with van der Waals surface area (Å²) in [5.41, 5.74) is 7.72. The first-order valence-electron chi connectivity index (χ1n) is 11.0. The molecule has 1 amide bonds. The van der Waals surface area contributed by atoms with Crippen LogP contribution in [0.25, 0.3) is 11.0 Å². The molecule has 0 aliphatic heterocycles. The molecule has 1 aromatic heterocycles. The van der Waals surface area contributed by atoms with Crippen LogP contribution in [-0.2, 0) is 13.0 Å². The number of halogens is 1. The predicted molar refractivity (Wildman–Crippen MR) is 134 cm³/mol. The van der Waals surface area contributed by atoms with E-state index in [9.17, 15) is 14.0 Å². The third kappa shape index (κ3) is 5.11. The van der Waals surface area contributed by atoms with Gasteiger partial charge >= 0.3 is 11.7 Å². The topological polar surface area (TPSA) is 89.0 Å². The zero-order chi connectivity index (χ0) is 25.1. The zero-order valence-corrected chi connectivity index (χ0v) is 19.7. The number of rotatable bonds is 6. The van der Waals surface area contributed by atoms with E-state index in [1.165, 1.54) is 17.0 Å². The Bertz CT molecular complexity index is 1430. The van der Waals surface area contributed by atoms with Gasteiger partial charge < -0.3 is 24.7 Å². The molecule has 4 rings (SSSR count). The lowest BCUT2D eigenvalue weighted by Gasteiger charge is -2.22. The molecule has 0 saturated carbocycles. The third-order valence-corrected chi connectivity index (χ3v) is 5.73. The lowest BCUT2D eigenvalue weighted by atomic mass is 9.97. The minimum absolute atomic E-state index is 0.0166. The average Bonchev–Trinajstić information content (AvgIpc) is 2.84. The van der Waals surface area contributed by atoms with Gasteiger partial charge in [-0.15, -0.1) is 0 Å². The van der Waals surface area contributed by atoms with E-state index in [1.54, 1.807) is 38.4 Å². The summed E-state index contributed by atoms with van der Waals surface area (Å²) in [4.78, 5) is 28.4. The summed E-state index contributed by atoms with van der Waals surface area (Å²) in [7, 11) is 5.05. The van der Waals surface area contributed by atoms with E-state index in [0.29, 0.717) is 28.6 Å². The van der Waals surface area contributed by atoms with Crippen molar-refractivity contribution in [1.82, 2.24) is 4.90 Å². The van der Waals surface area contributed by atoms with Crippen molar-refractivity contribution in [2.45, 2.75) is 13.0 Å². The van der Waals surface area contributed by atoms with Crippen molar-refractivity contribution in [3.63, 3.8) is 0 Å². The van der Waals surface area contributed by atoms with Crippen LogP contribution in [0.15, 0.2) is 75.9 Å². The Kier molecular flexibility index (Phi) is 6.73. The van der Waals surface area contributed by atoms with Gasteiger partial charge in [-0.3, -0.25) is 0 Å². The van der Waals surface area contributed by atoms with E-state index in [0.717, 1.165) is 5.69 Å². The Balaban J connectivity index is 1.84. The molecule has 0 spiro atoms. The SMILES string of the molecule is CN(C)C(=O)Oc1ccc2c(CN(C)c3ccccc3)c(Cc3cccc(N)c3F)c(=O)oc2c1. The maximum Gasteiger partial charge on any atom is 0.414 e. The molecule has 8 heteroatoms. The highest BCUT2D eigenvalue weighted by atomic mass is 19.1. The highest BCUT2D eigenvalue weighted by Crippen LogP contribution is 2.29. The summed E-state index contributed by atoms with van der Waals surface area (Å²) >= 11 is 0. The molecular weight excluding hydrogens is 449 g/mol. The standard InChI is InChI=1S/C27H26FN3O4/c1-30(2)27(33)34-19-12-13-20-22(16-31(3)18-9-5-4-6-10-18)21(26(32)35-24(20)15-19)14-17-8-7-11-23(29)25(17)28/h4-13,15H,14,16,29H2,1-3H3. The number of hydrogen-bond acceptors (Lipinski definition) is 6. The molecule has 0 atom stereocenters. The van der Waals surface area contributed by atoms with Crippen LogP contribution in [0.1, 0.15) is 16.7 Å². The molecule has 35 heavy (non-hydrogen) atoms. The summed E-state index contributed by atoms with van der Waals surface area (Å²) in [5.74, 6) is -0.309. The molecule has 2 N–H and O–H groups in total. The first-order chi connectivity index (χ1) is 16.7. The van der Waals surface area contributed by atoms with E-state index >= 15 is 0 Å². The van der Waals surface area contributed by atoms with Crippen LogP contribution >= 0.6 is 0 Å². The molecule has 0 saturated heterocycles. The van der Waals surface area contributed by atoms with Crippen molar-refractivity contribution >= 4 is 28.4 Å². The van der Waals surface area contributed by atoms with Crippen LogP contribution in [0.2, 0.25) is 0 Å². The normalized spacial score (nSPS) is 10.9. The van der Waals surface area contributed by atoms with Crippen LogP contribution in [0.3, 0.4) is 0 Å². The molecule has 0 radical (unpaired) electrons. The zero-order valence-electron chi connectivity index (χ0n) is 19.7. The number of amides is 1. The van der Waals surface area contributed by atoms with Crippen molar-refractivity contribution in [2.75, 3.05) is 31.8 Å². The second-order valence-corrected chi connectivity index (χ2v) is 8.46. The summed E-state index contributed by atoms with van der Waals surface area (Å²) in [6.45, 7) is 0.363. The number of carbonyl (C=O) groups excluding carboxylic acids is 1. The Hall–Kier alpha value is -4.33. The average molecular weight is 476 g/mol. The lowest BCUT2D eigenvalue weighted by molar-refractivity contribution is 0.172. The minimum atomic E-state index is -0.591. The van der Waals surface area contributed by atoms with Crippen LogP contribution in [0.4, 0.5) is 20.6 Å². The summed E-state index contributed by atoms with van der Waals surface area (Å²) in [6, 6.07) is 19.3. The third-order valence-electron chi connectivity index (χ3n) is 5.73. The molecule has 0 aliphatic rings. The molecule has 4 aromatic rings. The van der Waals surface area contributed by atoms with E-state index in [4.69, 9.17) is 14.9 Å². The first-order valence-corrected chi connectivity index (χ1v) is 11.0. The number of nitrogen functional groups attached to an aromatic ring is 1. The molecule has 7 nitrogen and oxygen atoms in total. The highest BCUT2D eigenvalue weighted by Gasteiger charge is 2.20. The van der Waals surface area contributed by atoms with Crippen molar-refractivity contribution in [3.8, 4) is 5.75 Å². The van der Waals surface area contributed by atoms with Crippen molar-refractivity contribution in [3.05, 3.63) is 99.7 Å². The lowest BCUT2D eigenvalue weighted by Crippen LogP contribution is -2.25. The van der Waals surface area contributed by atoms with Gasteiger partial charge in [-0.2, -0.15) is 0 Å². The second-order valence-electron chi connectivity index (χ2n) is 8.46. The number of benzene rings is 3. The maximum atomic E-state index is 14.7. The van der Waals surface area contributed by atoms with Gasteiger partial charge in [0.1, 0.15) is 17.1 Å². The van der Waals surface area contributed by atoms with E-state index < -0.39 is 17.5 Å². The summed E-state index contributed by atoms with van der Waals surface area (Å²) in [5, 5.41) is 0.663. The summed E-state index contributed by atoms with van der Waals surface area (Å²) in [6.07, 6.45) is -0.533. The van der Waals surface area contributed by atoms with E-state index in [2.05, 4.69) is 0 Å². The Labute approximate surface area is 202 Å². The predicted octanol–water partition coefficient (Wildman–Crippen LogP) is 4.80. The fourth-order valence-corrected chi connectivity index (χ4v) is 3.84. The number of hydrogen-bond donors (Lipinski definition) is 1. The largest absolute Gasteiger partial charge is 0.422 e. The van der Waals surface area contributed by atoms with Crippen molar-refractivity contribution in [1.29, 1.82) is 0 Å². The Morgan fingerprint density at radius 3 is 2.46 bits per heavy atom. The summed E-state index contributed by atoms with van der Waals surface area (Å²) < 4.78 is 25.6. The Morgan fingerprint density at radius 2 is 1.74 bits per heavy atom. The van der Waals surface area contributed by atoms with Crippen LogP contribution in [0, 0.1) is 5.82 Å². The van der Waals surface area contributed by atoms with Crippen molar-refractivity contribution < 1.29 is 18.3 Å². The van der Waals surface area contributed by atoms with Gasteiger partial charge in [0.2, 0.25) is 0 Å². The van der Waals surface area contributed by atoms with Crippen molar-refractivity contribution in [2.24, 2.45) is 0 Å². The van der Waals surface area contributed by atoms with Gasteiger partial charge in [-0.05, 0) is 41.5 Å². The van der Waals surface area contributed by atoms with Gasteiger partial charge in [0.05, 0.1) is 5.69 Å². The number of nitrogens with two attached hydrogens (primary N) is 1. The van der Waals surface area contributed by atoms with Gasteiger partial charge in [-0.1, -0.05) is 30.3 Å². The molecule has 180 valence electrons.